The fraction of sp³-hybridized carbons (Fsp3) is 0.316. The number of anilines is 1. The highest BCUT2D eigenvalue weighted by atomic mass is 35.5. The molecular formula is C19H21ClN2O3. The molecule has 0 radical (unpaired) electrons. The van der Waals surface area contributed by atoms with E-state index in [2.05, 4.69) is 4.90 Å². The van der Waals surface area contributed by atoms with Crippen LogP contribution in [-0.4, -0.2) is 51.2 Å². The van der Waals surface area contributed by atoms with E-state index in [4.69, 9.17) is 21.1 Å². The van der Waals surface area contributed by atoms with Gasteiger partial charge in [0, 0.05) is 42.8 Å². The van der Waals surface area contributed by atoms with Gasteiger partial charge in [-0.25, -0.2) is 0 Å². The molecule has 0 aromatic heterocycles. The largest absolute Gasteiger partial charge is 0.497 e. The summed E-state index contributed by atoms with van der Waals surface area (Å²) in [5, 5.41) is 0.631. The van der Waals surface area contributed by atoms with Gasteiger partial charge in [0.15, 0.2) is 0 Å². The van der Waals surface area contributed by atoms with E-state index in [-0.39, 0.29) is 5.91 Å². The summed E-state index contributed by atoms with van der Waals surface area (Å²) in [6.45, 7) is 2.79. The number of rotatable bonds is 4. The molecule has 6 heteroatoms. The van der Waals surface area contributed by atoms with Gasteiger partial charge in [-0.05, 0) is 36.4 Å². The van der Waals surface area contributed by atoms with Crippen LogP contribution in [0.3, 0.4) is 0 Å². The van der Waals surface area contributed by atoms with Crippen LogP contribution in [0.5, 0.6) is 11.5 Å². The van der Waals surface area contributed by atoms with E-state index in [1.807, 2.05) is 23.1 Å². The minimum atomic E-state index is 0.0360. The fourth-order valence-corrected chi connectivity index (χ4v) is 3.10. The predicted octanol–water partition coefficient (Wildman–Crippen LogP) is 3.32. The molecule has 2 aromatic carbocycles. The second kappa shape index (κ2) is 7.66. The van der Waals surface area contributed by atoms with Gasteiger partial charge in [-0.1, -0.05) is 11.6 Å². The van der Waals surface area contributed by atoms with Crippen molar-refractivity contribution >= 4 is 23.2 Å². The molecule has 1 amide bonds. The molecule has 5 nitrogen and oxygen atoms in total. The van der Waals surface area contributed by atoms with Crippen LogP contribution in [-0.2, 0) is 0 Å². The van der Waals surface area contributed by atoms with E-state index >= 15 is 0 Å². The molecule has 0 unspecified atom stereocenters. The lowest BCUT2D eigenvalue weighted by molar-refractivity contribution is 0.0746. The Hall–Kier alpha value is -2.40. The molecule has 0 aliphatic carbocycles. The average molecular weight is 361 g/mol. The smallest absolute Gasteiger partial charge is 0.253 e. The molecule has 132 valence electrons. The third kappa shape index (κ3) is 3.82. The number of piperazine rings is 1. The first-order chi connectivity index (χ1) is 12.1. The number of methoxy groups -OCH3 is 2. The second-order valence-electron chi connectivity index (χ2n) is 5.82. The Kier molecular flexibility index (Phi) is 5.34. The van der Waals surface area contributed by atoms with Gasteiger partial charge < -0.3 is 19.3 Å². The summed E-state index contributed by atoms with van der Waals surface area (Å²) in [5.41, 5.74) is 1.65. The third-order valence-corrected chi connectivity index (χ3v) is 4.64. The van der Waals surface area contributed by atoms with Crippen molar-refractivity contribution in [3.05, 3.63) is 53.1 Å². The highest BCUT2D eigenvalue weighted by molar-refractivity contribution is 6.30. The third-order valence-electron chi connectivity index (χ3n) is 4.38. The number of carbonyl (C=O) groups is 1. The quantitative estimate of drug-likeness (QED) is 0.838. The number of nitrogens with zero attached hydrogens (tertiary/aromatic N) is 2. The van der Waals surface area contributed by atoms with Crippen molar-refractivity contribution in [2.24, 2.45) is 0 Å². The van der Waals surface area contributed by atoms with Crippen LogP contribution in [0.15, 0.2) is 42.5 Å². The molecule has 0 N–H and O–H groups in total. The Morgan fingerprint density at radius 3 is 2.24 bits per heavy atom. The average Bonchev–Trinajstić information content (AvgIpc) is 2.67. The number of hydrogen-bond acceptors (Lipinski definition) is 4. The zero-order valence-electron chi connectivity index (χ0n) is 14.4. The maximum absolute atomic E-state index is 12.6. The van der Waals surface area contributed by atoms with Crippen molar-refractivity contribution in [3.8, 4) is 11.5 Å². The van der Waals surface area contributed by atoms with Crippen molar-refractivity contribution < 1.29 is 14.3 Å². The van der Waals surface area contributed by atoms with E-state index in [0.717, 1.165) is 30.3 Å². The standard InChI is InChI=1S/C19H21ClN2O3/c1-24-16-7-8-18(25-2)17(13-16)21-9-11-22(12-10-21)19(23)14-3-5-15(20)6-4-14/h3-8,13H,9-12H2,1-2H3. The van der Waals surface area contributed by atoms with E-state index in [9.17, 15) is 4.79 Å². The summed E-state index contributed by atoms with van der Waals surface area (Å²) in [5.74, 6) is 1.63. The van der Waals surface area contributed by atoms with Gasteiger partial charge in [0.2, 0.25) is 0 Å². The molecule has 1 saturated heterocycles. The lowest BCUT2D eigenvalue weighted by Crippen LogP contribution is -2.48. The molecule has 0 atom stereocenters. The van der Waals surface area contributed by atoms with E-state index in [1.165, 1.54) is 0 Å². The molecule has 2 aromatic rings. The molecule has 1 fully saturated rings. The zero-order chi connectivity index (χ0) is 17.8. The van der Waals surface area contributed by atoms with Crippen molar-refractivity contribution in [1.82, 2.24) is 4.90 Å². The molecule has 0 spiro atoms. The molecule has 1 aliphatic rings. The lowest BCUT2D eigenvalue weighted by atomic mass is 10.1. The first kappa shape index (κ1) is 17.4. The first-order valence-corrected chi connectivity index (χ1v) is 8.52. The topological polar surface area (TPSA) is 42.0 Å². The number of ether oxygens (including phenoxy) is 2. The van der Waals surface area contributed by atoms with Gasteiger partial charge in [-0.3, -0.25) is 4.79 Å². The summed E-state index contributed by atoms with van der Waals surface area (Å²) >= 11 is 5.89. The normalized spacial score (nSPS) is 14.4. The van der Waals surface area contributed by atoms with Gasteiger partial charge in [0.1, 0.15) is 11.5 Å². The lowest BCUT2D eigenvalue weighted by Gasteiger charge is -2.36. The van der Waals surface area contributed by atoms with Crippen LogP contribution >= 0.6 is 11.6 Å². The van der Waals surface area contributed by atoms with E-state index < -0.39 is 0 Å². The Labute approximate surface area is 152 Å². The van der Waals surface area contributed by atoms with Crippen LogP contribution < -0.4 is 14.4 Å². The Morgan fingerprint density at radius 2 is 1.64 bits per heavy atom. The highest BCUT2D eigenvalue weighted by Gasteiger charge is 2.24. The molecule has 0 saturated carbocycles. The van der Waals surface area contributed by atoms with Crippen LogP contribution in [0.1, 0.15) is 10.4 Å². The Morgan fingerprint density at radius 1 is 0.960 bits per heavy atom. The maximum atomic E-state index is 12.6. The van der Waals surface area contributed by atoms with Crippen LogP contribution in [0.2, 0.25) is 5.02 Å². The predicted molar refractivity (Wildman–Crippen MR) is 99.1 cm³/mol. The molecule has 3 rings (SSSR count). The number of carbonyl (C=O) groups excluding carboxylic acids is 1. The van der Waals surface area contributed by atoms with Crippen LogP contribution in [0.25, 0.3) is 0 Å². The van der Waals surface area contributed by atoms with Crippen molar-refractivity contribution in [3.63, 3.8) is 0 Å². The summed E-state index contributed by atoms with van der Waals surface area (Å²) in [6.07, 6.45) is 0. The fourth-order valence-electron chi connectivity index (χ4n) is 2.97. The first-order valence-electron chi connectivity index (χ1n) is 8.14. The SMILES string of the molecule is COc1ccc(OC)c(N2CCN(C(=O)c3ccc(Cl)cc3)CC2)c1. The molecule has 1 heterocycles. The Balaban J connectivity index is 1.69. The summed E-state index contributed by atoms with van der Waals surface area (Å²) in [6, 6.07) is 12.8. The van der Waals surface area contributed by atoms with Gasteiger partial charge >= 0.3 is 0 Å². The minimum absolute atomic E-state index is 0.0360. The number of hydrogen-bond donors (Lipinski definition) is 0. The summed E-state index contributed by atoms with van der Waals surface area (Å²) in [4.78, 5) is 16.7. The zero-order valence-corrected chi connectivity index (χ0v) is 15.1. The summed E-state index contributed by atoms with van der Waals surface area (Å²) < 4.78 is 10.8. The maximum Gasteiger partial charge on any atom is 0.253 e. The van der Waals surface area contributed by atoms with Crippen molar-refractivity contribution in [1.29, 1.82) is 0 Å². The van der Waals surface area contributed by atoms with Crippen LogP contribution in [0.4, 0.5) is 5.69 Å². The van der Waals surface area contributed by atoms with Crippen molar-refractivity contribution in [2.75, 3.05) is 45.3 Å². The van der Waals surface area contributed by atoms with E-state index in [1.54, 1.807) is 38.5 Å². The minimum Gasteiger partial charge on any atom is -0.497 e. The number of halogens is 1. The van der Waals surface area contributed by atoms with Crippen LogP contribution in [0, 0.1) is 0 Å². The molecular weight excluding hydrogens is 340 g/mol. The number of amides is 1. The monoisotopic (exact) mass is 360 g/mol. The molecule has 1 aliphatic heterocycles. The van der Waals surface area contributed by atoms with Gasteiger partial charge in [0.25, 0.3) is 5.91 Å². The van der Waals surface area contributed by atoms with Gasteiger partial charge in [-0.2, -0.15) is 0 Å². The molecule has 0 bridgehead atoms. The Bertz CT molecular complexity index is 741. The van der Waals surface area contributed by atoms with Crippen molar-refractivity contribution in [2.45, 2.75) is 0 Å². The highest BCUT2D eigenvalue weighted by Crippen LogP contribution is 2.33. The van der Waals surface area contributed by atoms with Gasteiger partial charge in [0.05, 0.1) is 19.9 Å². The van der Waals surface area contributed by atoms with Gasteiger partial charge in [-0.15, -0.1) is 0 Å². The van der Waals surface area contributed by atoms with E-state index in [0.29, 0.717) is 23.7 Å². The summed E-state index contributed by atoms with van der Waals surface area (Å²) in [7, 11) is 3.31. The second-order valence-corrected chi connectivity index (χ2v) is 6.26. The number of benzene rings is 2. The molecule has 25 heavy (non-hydrogen) atoms.